The summed E-state index contributed by atoms with van der Waals surface area (Å²) >= 11 is 0. The first-order valence-corrected chi connectivity index (χ1v) is 3.64. The molecule has 0 unspecified atom stereocenters. The summed E-state index contributed by atoms with van der Waals surface area (Å²) in [5.41, 5.74) is 5.20. The SMILES string of the molecule is CC=NNc1ccccc1C. The molecule has 2 heteroatoms. The number of hydrogen-bond acceptors (Lipinski definition) is 2. The molecule has 1 aromatic rings. The molecule has 1 N–H and O–H groups in total. The van der Waals surface area contributed by atoms with E-state index in [1.54, 1.807) is 6.21 Å². The number of hydrogen-bond donors (Lipinski definition) is 1. The first-order valence-electron chi connectivity index (χ1n) is 3.64. The monoisotopic (exact) mass is 148 g/mol. The van der Waals surface area contributed by atoms with Gasteiger partial charge < -0.3 is 0 Å². The van der Waals surface area contributed by atoms with E-state index in [0.29, 0.717) is 0 Å². The fourth-order valence-electron chi connectivity index (χ4n) is 0.832. The van der Waals surface area contributed by atoms with Crippen LogP contribution in [0, 0.1) is 6.92 Å². The lowest BCUT2D eigenvalue weighted by atomic mass is 10.2. The highest BCUT2D eigenvalue weighted by Gasteiger charge is 1.90. The van der Waals surface area contributed by atoms with Gasteiger partial charge in [-0.05, 0) is 25.5 Å². The Kier molecular flexibility index (Phi) is 2.66. The van der Waals surface area contributed by atoms with Crippen molar-refractivity contribution in [3.63, 3.8) is 0 Å². The zero-order valence-electron chi connectivity index (χ0n) is 6.83. The van der Waals surface area contributed by atoms with Crippen molar-refractivity contribution in [2.75, 3.05) is 5.43 Å². The normalized spacial score (nSPS) is 10.4. The molecule has 1 aromatic carbocycles. The minimum atomic E-state index is 1.06. The maximum atomic E-state index is 3.93. The van der Waals surface area contributed by atoms with Crippen LogP contribution in [0.15, 0.2) is 29.4 Å². The Balaban J connectivity index is 2.77. The highest BCUT2D eigenvalue weighted by molar-refractivity contribution is 5.57. The van der Waals surface area contributed by atoms with Crippen molar-refractivity contribution in [3.05, 3.63) is 29.8 Å². The Hall–Kier alpha value is -1.31. The lowest BCUT2D eigenvalue weighted by Crippen LogP contribution is -1.89. The van der Waals surface area contributed by atoms with Crippen LogP contribution in [0.3, 0.4) is 0 Å². The molecule has 2 nitrogen and oxygen atoms in total. The summed E-state index contributed by atoms with van der Waals surface area (Å²) < 4.78 is 0. The third-order valence-electron chi connectivity index (χ3n) is 1.46. The van der Waals surface area contributed by atoms with Gasteiger partial charge in [0.25, 0.3) is 0 Å². The Morgan fingerprint density at radius 3 is 2.73 bits per heavy atom. The second-order valence-electron chi connectivity index (χ2n) is 2.31. The maximum Gasteiger partial charge on any atom is 0.0590 e. The van der Waals surface area contributed by atoms with Crippen molar-refractivity contribution in [1.29, 1.82) is 0 Å². The second kappa shape index (κ2) is 3.76. The van der Waals surface area contributed by atoms with Crippen molar-refractivity contribution >= 4 is 11.9 Å². The summed E-state index contributed by atoms with van der Waals surface area (Å²) in [4.78, 5) is 0. The van der Waals surface area contributed by atoms with E-state index in [1.807, 2.05) is 38.1 Å². The van der Waals surface area contributed by atoms with Gasteiger partial charge in [0.2, 0.25) is 0 Å². The molecule has 0 bridgehead atoms. The molecule has 0 aliphatic heterocycles. The van der Waals surface area contributed by atoms with Crippen molar-refractivity contribution in [2.24, 2.45) is 5.10 Å². The van der Waals surface area contributed by atoms with Gasteiger partial charge >= 0.3 is 0 Å². The second-order valence-corrected chi connectivity index (χ2v) is 2.31. The fourth-order valence-corrected chi connectivity index (χ4v) is 0.832. The summed E-state index contributed by atoms with van der Waals surface area (Å²) in [5, 5.41) is 3.93. The van der Waals surface area contributed by atoms with Crippen LogP contribution >= 0.6 is 0 Å². The molecule has 0 fully saturated rings. The van der Waals surface area contributed by atoms with Gasteiger partial charge in [-0.1, -0.05) is 18.2 Å². The number of nitrogens with zero attached hydrogens (tertiary/aromatic N) is 1. The van der Waals surface area contributed by atoms with Gasteiger partial charge in [0, 0.05) is 6.21 Å². The van der Waals surface area contributed by atoms with E-state index in [4.69, 9.17) is 0 Å². The lowest BCUT2D eigenvalue weighted by molar-refractivity contribution is 1.31. The highest BCUT2D eigenvalue weighted by atomic mass is 15.3. The van der Waals surface area contributed by atoms with Crippen molar-refractivity contribution in [3.8, 4) is 0 Å². The van der Waals surface area contributed by atoms with Crippen LogP contribution in [0.5, 0.6) is 0 Å². The zero-order valence-corrected chi connectivity index (χ0v) is 6.83. The minimum Gasteiger partial charge on any atom is -0.279 e. The van der Waals surface area contributed by atoms with Gasteiger partial charge in [-0.2, -0.15) is 5.10 Å². The number of hydrazone groups is 1. The van der Waals surface area contributed by atoms with E-state index in [1.165, 1.54) is 5.56 Å². The van der Waals surface area contributed by atoms with E-state index in [2.05, 4.69) is 10.5 Å². The minimum absolute atomic E-state index is 1.06. The molecule has 0 atom stereocenters. The van der Waals surface area contributed by atoms with E-state index < -0.39 is 0 Å². The molecule has 1 rings (SSSR count). The van der Waals surface area contributed by atoms with Crippen molar-refractivity contribution < 1.29 is 0 Å². The Bertz CT molecular complexity index is 253. The molecular weight excluding hydrogens is 136 g/mol. The summed E-state index contributed by atoms with van der Waals surface area (Å²) in [7, 11) is 0. The average Bonchev–Trinajstić information content (AvgIpc) is 2.03. The zero-order chi connectivity index (χ0) is 8.10. The van der Waals surface area contributed by atoms with E-state index in [0.717, 1.165) is 5.69 Å². The van der Waals surface area contributed by atoms with Crippen LogP contribution in [-0.2, 0) is 0 Å². The molecule has 11 heavy (non-hydrogen) atoms. The summed E-state index contributed by atoms with van der Waals surface area (Å²) in [6.45, 7) is 3.93. The number of para-hydroxylation sites is 1. The van der Waals surface area contributed by atoms with Crippen LogP contribution < -0.4 is 5.43 Å². The molecule has 0 radical (unpaired) electrons. The van der Waals surface area contributed by atoms with Gasteiger partial charge in [0.1, 0.15) is 0 Å². The Morgan fingerprint density at radius 2 is 2.09 bits per heavy atom. The Labute approximate surface area is 66.9 Å². The molecular formula is C9H12N2. The summed E-state index contributed by atoms with van der Waals surface area (Å²) in [6.07, 6.45) is 1.73. The smallest absolute Gasteiger partial charge is 0.0590 e. The molecule has 0 aliphatic rings. The quantitative estimate of drug-likeness (QED) is 0.505. The van der Waals surface area contributed by atoms with Crippen LogP contribution in [0.2, 0.25) is 0 Å². The summed E-state index contributed by atoms with van der Waals surface area (Å²) in [6, 6.07) is 8.05. The van der Waals surface area contributed by atoms with Gasteiger partial charge in [-0.3, -0.25) is 5.43 Å². The first-order chi connectivity index (χ1) is 5.34. The topological polar surface area (TPSA) is 24.4 Å². The highest BCUT2D eigenvalue weighted by Crippen LogP contribution is 2.12. The third kappa shape index (κ3) is 2.08. The molecule has 0 amide bonds. The van der Waals surface area contributed by atoms with E-state index in [9.17, 15) is 0 Å². The number of benzene rings is 1. The lowest BCUT2D eigenvalue weighted by Gasteiger charge is -2.02. The molecule has 0 saturated heterocycles. The predicted octanol–water partition coefficient (Wildman–Crippen LogP) is 2.41. The van der Waals surface area contributed by atoms with E-state index in [-0.39, 0.29) is 0 Å². The third-order valence-corrected chi connectivity index (χ3v) is 1.46. The molecule has 0 aliphatic carbocycles. The predicted molar refractivity (Wildman–Crippen MR) is 49.0 cm³/mol. The van der Waals surface area contributed by atoms with Crippen molar-refractivity contribution in [2.45, 2.75) is 13.8 Å². The van der Waals surface area contributed by atoms with Crippen LogP contribution in [0.1, 0.15) is 12.5 Å². The first kappa shape index (κ1) is 7.79. The average molecular weight is 148 g/mol. The van der Waals surface area contributed by atoms with Crippen LogP contribution in [-0.4, -0.2) is 6.21 Å². The number of rotatable bonds is 2. The van der Waals surface area contributed by atoms with Crippen molar-refractivity contribution in [1.82, 2.24) is 0 Å². The molecule has 58 valence electrons. The van der Waals surface area contributed by atoms with Gasteiger partial charge in [0.05, 0.1) is 5.69 Å². The standard InChI is InChI=1S/C9H12N2/c1-3-10-11-9-7-5-4-6-8(9)2/h3-7,11H,1-2H3. The fraction of sp³-hybridized carbons (Fsp3) is 0.222. The van der Waals surface area contributed by atoms with Gasteiger partial charge in [-0.15, -0.1) is 0 Å². The molecule has 0 saturated carbocycles. The maximum absolute atomic E-state index is 3.93. The van der Waals surface area contributed by atoms with Gasteiger partial charge in [0.15, 0.2) is 0 Å². The van der Waals surface area contributed by atoms with Crippen LogP contribution in [0.4, 0.5) is 5.69 Å². The largest absolute Gasteiger partial charge is 0.279 e. The van der Waals surface area contributed by atoms with Crippen LogP contribution in [0.25, 0.3) is 0 Å². The number of nitrogens with one attached hydrogen (secondary N) is 1. The molecule has 0 heterocycles. The number of anilines is 1. The summed E-state index contributed by atoms with van der Waals surface area (Å²) in [5.74, 6) is 0. The Morgan fingerprint density at radius 1 is 1.36 bits per heavy atom. The molecule has 0 aromatic heterocycles. The molecule has 0 spiro atoms. The van der Waals surface area contributed by atoms with E-state index >= 15 is 0 Å². The van der Waals surface area contributed by atoms with Gasteiger partial charge in [-0.25, -0.2) is 0 Å². The number of aryl methyl sites for hydroxylation is 1.